The molecule has 0 fully saturated rings. The molecule has 0 aliphatic heterocycles. The second-order valence-electron chi connectivity index (χ2n) is 6.16. The molecular weight excluding hydrogens is 392 g/mol. The van der Waals surface area contributed by atoms with Crippen LogP contribution in [-0.2, 0) is 9.84 Å². The fraction of sp³-hybridized carbons (Fsp3) is 0.278. The third-order valence-corrected chi connectivity index (χ3v) is 6.55. The SMILES string of the molecule is CCC(C)c1cc(S(C)(=O)=O)cc(-c2nc(=O)c3ccc(Cl)cc3s2)n1. The number of aromatic nitrogens is 2. The highest BCUT2D eigenvalue weighted by atomic mass is 35.5. The maximum atomic E-state index is 12.3. The zero-order valence-corrected chi connectivity index (χ0v) is 16.9. The highest BCUT2D eigenvalue weighted by molar-refractivity contribution is 7.90. The molecule has 3 rings (SSSR count). The Labute approximate surface area is 160 Å². The molecule has 0 aliphatic carbocycles. The van der Waals surface area contributed by atoms with Crippen molar-refractivity contribution in [2.24, 2.45) is 0 Å². The van der Waals surface area contributed by atoms with Gasteiger partial charge in [0.15, 0.2) is 9.84 Å². The Morgan fingerprint density at radius 2 is 1.92 bits per heavy atom. The molecule has 0 N–H and O–H groups in total. The molecule has 2 heterocycles. The van der Waals surface area contributed by atoms with Gasteiger partial charge in [-0.25, -0.2) is 13.4 Å². The minimum Gasteiger partial charge on any atom is -0.267 e. The van der Waals surface area contributed by atoms with E-state index in [4.69, 9.17) is 11.6 Å². The Morgan fingerprint density at radius 3 is 2.58 bits per heavy atom. The van der Waals surface area contributed by atoms with E-state index in [1.165, 1.54) is 17.4 Å². The van der Waals surface area contributed by atoms with Gasteiger partial charge in [0.25, 0.3) is 5.56 Å². The van der Waals surface area contributed by atoms with Crippen molar-refractivity contribution < 1.29 is 8.42 Å². The van der Waals surface area contributed by atoms with Crippen LogP contribution in [0, 0.1) is 0 Å². The maximum Gasteiger partial charge on any atom is 0.279 e. The summed E-state index contributed by atoms with van der Waals surface area (Å²) in [5, 5.41) is 1.37. The lowest BCUT2D eigenvalue weighted by atomic mass is 10.0. The van der Waals surface area contributed by atoms with Gasteiger partial charge in [0.1, 0.15) is 10.7 Å². The Hall–Kier alpha value is -1.83. The fourth-order valence-corrected chi connectivity index (χ4v) is 4.35. The van der Waals surface area contributed by atoms with Crippen LogP contribution in [0.5, 0.6) is 0 Å². The van der Waals surface area contributed by atoms with Crippen LogP contribution in [0.3, 0.4) is 0 Å². The van der Waals surface area contributed by atoms with E-state index in [9.17, 15) is 13.2 Å². The van der Waals surface area contributed by atoms with E-state index in [2.05, 4.69) is 9.97 Å². The summed E-state index contributed by atoms with van der Waals surface area (Å²) < 4.78 is 24.8. The molecule has 1 atom stereocenters. The monoisotopic (exact) mass is 408 g/mol. The molecule has 0 aliphatic rings. The molecule has 8 heteroatoms. The summed E-state index contributed by atoms with van der Waals surface area (Å²) in [6, 6.07) is 8.04. The number of pyridine rings is 1. The number of benzene rings is 1. The summed E-state index contributed by atoms with van der Waals surface area (Å²) >= 11 is 7.29. The smallest absolute Gasteiger partial charge is 0.267 e. The molecule has 0 saturated carbocycles. The second-order valence-corrected chi connectivity index (χ2v) is 9.64. The Morgan fingerprint density at radius 1 is 1.19 bits per heavy atom. The van der Waals surface area contributed by atoms with Crippen LogP contribution >= 0.6 is 22.9 Å². The van der Waals surface area contributed by atoms with Crippen molar-refractivity contribution in [2.45, 2.75) is 31.1 Å². The van der Waals surface area contributed by atoms with E-state index in [1.54, 1.807) is 24.3 Å². The molecule has 0 bridgehead atoms. The molecule has 5 nitrogen and oxygen atoms in total. The lowest BCUT2D eigenvalue weighted by Crippen LogP contribution is -2.08. The maximum absolute atomic E-state index is 12.3. The van der Waals surface area contributed by atoms with Crippen LogP contribution in [-0.4, -0.2) is 24.6 Å². The molecule has 136 valence electrons. The van der Waals surface area contributed by atoms with Crippen LogP contribution in [0.1, 0.15) is 31.9 Å². The van der Waals surface area contributed by atoms with Gasteiger partial charge >= 0.3 is 0 Å². The minimum absolute atomic E-state index is 0.0853. The molecule has 0 amide bonds. The van der Waals surface area contributed by atoms with E-state index < -0.39 is 9.84 Å². The zero-order chi connectivity index (χ0) is 19.1. The Bertz CT molecular complexity index is 1160. The molecular formula is C18H17ClN2O3S2. The lowest BCUT2D eigenvalue weighted by Gasteiger charge is -2.12. The zero-order valence-electron chi connectivity index (χ0n) is 14.5. The highest BCUT2D eigenvalue weighted by Crippen LogP contribution is 2.30. The van der Waals surface area contributed by atoms with E-state index in [0.717, 1.165) is 12.7 Å². The van der Waals surface area contributed by atoms with Crippen LogP contribution in [0.4, 0.5) is 0 Å². The number of sulfone groups is 1. The first-order chi connectivity index (χ1) is 12.2. The minimum atomic E-state index is -3.42. The van der Waals surface area contributed by atoms with Gasteiger partial charge < -0.3 is 0 Å². The summed E-state index contributed by atoms with van der Waals surface area (Å²) in [7, 11) is -3.42. The predicted octanol–water partition coefficient (Wildman–Crippen LogP) is 4.29. The van der Waals surface area contributed by atoms with Crippen molar-refractivity contribution in [2.75, 3.05) is 6.26 Å². The number of hydrogen-bond acceptors (Lipinski definition) is 6. The summed E-state index contributed by atoms with van der Waals surface area (Å²) in [4.78, 5) is 21.2. The first-order valence-electron chi connectivity index (χ1n) is 8.02. The molecule has 1 unspecified atom stereocenters. The third-order valence-electron chi connectivity index (χ3n) is 4.17. The van der Waals surface area contributed by atoms with Crippen molar-refractivity contribution in [3.63, 3.8) is 0 Å². The normalized spacial score (nSPS) is 13.1. The Balaban J connectivity index is 2.29. The van der Waals surface area contributed by atoms with Crippen molar-refractivity contribution in [1.29, 1.82) is 0 Å². The average Bonchev–Trinajstić information content (AvgIpc) is 2.59. The quantitative estimate of drug-likeness (QED) is 0.643. The molecule has 26 heavy (non-hydrogen) atoms. The van der Waals surface area contributed by atoms with Gasteiger partial charge in [0.2, 0.25) is 0 Å². The van der Waals surface area contributed by atoms with Gasteiger partial charge in [-0.2, -0.15) is 4.98 Å². The van der Waals surface area contributed by atoms with Gasteiger partial charge in [0.05, 0.1) is 10.3 Å². The average molecular weight is 409 g/mol. The number of hydrogen-bond donors (Lipinski definition) is 0. The van der Waals surface area contributed by atoms with E-state index in [-0.39, 0.29) is 16.4 Å². The van der Waals surface area contributed by atoms with Crippen LogP contribution in [0.15, 0.2) is 40.0 Å². The lowest BCUT2D eigenvalue weighted by molar-refractivity contribution is 0.601. The molecule has 2 aromatic heterocycles. The molecule has 1 aromatic carbocycles. The molecule has 3 aromatic rings. The van der Waals surface area contributed by atoms with Crippen molar-refractivity contribution >= 4 is 42.9 Å². The number of fused-ring (bicyclic) bond motifs is 1. The van der Waals surface area contributed by atoms with E-state index >= 15 is 0 Å². The first kappa shape index (κ1) is 18.9. The largest absolute Gasteiger partial charge is 0.279 e. The van der Waals surface area contributed by atoms with Gasteiger partial charge in [-0.3, -0.25) is 4.79 Å². The van der Waals surface area contributed by atoms with Gasteiger partial charge in [-0.05, 0) is 42.7 Å². The van der Waals surface area contributed by atoms with Crippen molar-refractivity contribution in [3.8, 4) is 10.7 Å². The summed E-state index contributed by atoms with van der Waals surface area (Å²) in [6.45, 7) is 3.99. The molecule has 0 spiro atoms. The van der Waals surface area contributed by atoms with E-state index in [0.29, 0.717) is 31.5 Å². The Kier molecular flexibility index (Phi) is 5.14. The summed E-state index contributed by atoms with van der Waals surface area (Å²) in [5.74, 6) is 0.0853. The van der Waals surface area contributed by atoms with Gasteiger partial charge in [-0.1, -0.05) is 25.4 Å². The van der Waals surface area contributed by atoms with Gasteiger partial charge in [-0.15, -0.1) is 11.3 Å². The summed E-state index contributed by atoms with van der Waals surface area (Å²) in [6.07, 6.45) is 1.97. The number of halogens is 1. The topological polar surface area (TPSA) is 77.0 Å². The standard InChI is InChI=1S/C18H17ClN2O3S2/c1-4-10(2)14-8-12(26(3,23)24)9-15(20-14)18-21-17(22)13-6-5-11(19)7-16(13)25-18/h5-10H,4H2,1-3H3. The van der Waals surface area contributed by atoms with Crippen LogP contribution in [0.25, 0.3) is 20.8 Å². The highest BCUT2D eigenvalue weighted by Gasteiger charge is 2.17. The van der Waals surface area contributed by atoms with Crippen LogP contribution in [0.2, 0.25) is 5.02 Å². The van der Waals surface area contributed by atoms with Crippen molar-refractivity contribution in [1.82, 2.24) is 9.97 Å². The second kappa shape index (κ2) is 7.06. The summed E-state index contributed by atoms with van der Waals surface area (Å²) in [5.41, 5.74) is 0.660. The third kappa shape index (κ3) is 3.79. The van der Waals surface area contributed by atoms with Gasteiger partial charge in [0, 0.05) is 21.7 Å². The number of nitrogens with zero attached hydrogens (tertiary/aromatic N) is 2. The van der Waals surface area contributed by atoms with Crippen LogP contribution < -0.4 is 5.56 Å². The molecule has 0 radical (unpaired) electrons. The predicted molar refractivity (Wildman–Crippen MR) is 106 cm³/mol. The fourth-order valence-electron chi connectivity index (χ4n) is 2.46. The first-order valence-corrected chi connectivity index (χ1v) is 11.1. The van der Waals surface area contributed by atoms with E-state index in [1.807, 2.05) is 13.8 Å². The molecule has 0 saturated heterocycles. The van der Waals surface area contributed by atoms with Crippen molar-refractivity contribution in [3.05, 3.63) is 51.4 Å². The number of rotatable bonds is 4.